The van der Waals surface area contributed by atoms with E-state index >= 15 is 0 Å². The van der Waals surface area contributed by atoms with Crippen LogP contribution < -0.4 is 0 Å². The van der Waals surface area contributed by atoms with Crippen LogP contribution in [0.1, 0.15) is 46.0 Å². The Kier molecular flexibility index (Phi) is 3.40. The SMILES string of the molecule is CCC1SC2CCCC2(O)SC1CC. The van der Waals surface area contributed by atoms with Crippen LogP contribution in [-0.2, 0) is 0 Å². The zero-order valence-electron chi connectivity index (χ0n) is 9.03. The Labute approximate surface area is 95.4 Å². The highest BCUT2D eigenvalue weighted by molar-refractivity contribution is 8.08. The van der Waals surface area contributed by atoms with Gasteiger partial charge in [0.05, 0.1) is 0 Å². The molecule has 4 unspecified atom stereocenters. The van der Waals surface area contributed by atoms with Crippen molar-refractivity contribution in [1.82, 2.24) is 0 Å². The highest BCUT2D eigenvalue weighted by atomic mass is 32.2. The van der Waals surface area contributed by atoms with Crippen molar-refractivity contribution in [3.8, 4) is 0 Å². The van der Waals surface area contributed by atoms with Crippen LogP contribution in [0.25, 0.3) is 0 Å². The fourth-order valence-electron chi connectivity index (χ4n) is 2.58. The van der Waals surface area contributed by atoms with E-state index in [-0.39, 0.29) is 4.93 Å². The molecule has 0 aromatic rings. The lowest BCUT2D eigenvalue weighted by Gasteiger charge is -2.42. The number of thioether (sulfide) groups is 2. The summed E-state index contributed by atoms with van der Waals surface area (Å²) >= 11 is 3.93. The minimum atomic E-state index is -0.378. The summed E-state index contributed by atoms with van der Waals surface area (Å²) in [7, 11) is 0. The van der Waals surface area contributed by atoms with E-state index in [1.165, 1.54) is 25.7 Å². The highest BCUT2D eigenvalue weighted by Crippen LogP contribution is 2.55. The molecule has 1 aliphatic carbocycles. The van der Waals surface area contributed by atoms with E-state index < -0.39 is 0 Å². The average molecular weight is 232 g/mol. The molecule has 1 saturated heterocycles. The van der Waals surface area contributed by atoms with E-state index in [9.17, 15) is 5.11 Å². The third-order valence-electron chi connectivity index (χ3n) is 3.42. The van der Waals surface area contributed by atoms with Gasteiger partial charge < -0.3 is 5.11 Å². The van der Waals surface area contributed by atoms with Gasteiger partial charge in [-0.3, -0.25) is 0 Å². The monoisotopic (exact) mass is 232 g/mol. The molecule has 2 rings (SSSR count). The Bertz CT molecular complexity index is 209. The Balaban J connectivity index is 2.09. The third-order valence-corrected chi connectivity index (χ3v) is 7.57. The maximum atomic E-state index is 10.5. The van der Waals surface area contributed by atoms with Crippen molar-refractivity contribution in [1.29, 1.82) is 0 Å². The van der Waals surface area contributed by atoms with Crippen LogP contribution in [0.2, 0.25) is 0 Å². The fourth-order valence-corrected chi connectivity index (χ4v) is 6.45. The molecule has 4 atom stereocenters. The van der Waals surface area contributed by atoms with Crippen molar-refractivity contribution in [2.24, 2.45) is 0 Å². The van der Waals surface area contributed by atoms with Crippen LogP contribution in [0.3, 0.4) is 0 Å². The second kappa shape index (κ2) is 4.26. The fraction of sp³-hybridized carbons (Fsp3) is 1.00. The summed E-state index contributed by atoms with van der Waals surface area (Å²) in [5.41, 5.74) is 0. The second-order valence-electron chi connectivity index (χ2n) is 4.37. The lowest BCUT2D eigenvalue weighted by atomic mass is 10.2. The predicted octanol–water partition coefficient (Wildman–Crippen LogP) is 3.26. The lowest BCUT2D eigenvalue weighted by Crippen LogP contribution is -2.42. The van der Waals surface area contributed by atoms with Gasteiger partial charge in [-0.2, -0.15) is 11.8 Å². The van der Waals surface area contributed by atoms with Gasteiger partial charge >= 0.3 is 0 Å². The molecule has 1 aliphatic heterocycles. The molecule has 0 spiro atoms. The van der Waals surface area contributed by atoms with Crippen molar-refractivity contribution < 1.29 is 5.11 Å². The largest absolute Gasteiger partial charge is 0.378 e. The van der Waals surface area contributed by atoms with Crippen molar-refractivity contribution in [3.05, 3.63) is 0 Å². The van der Waals surface area contributed by atoms with E-state index in [0.29, 0.717) is 10.5 Å². The molecule has 0 radical (unpaired) electrons. The molecule has 0 amide bonds. The number of rotatable bonds is 2. The second-order valence-corrected chi connectivity index (χ2v) is 7.37. The summed E-state index contributed by atoms with van der Waals surface area (Å²) in [5, 5.41) is 12.4. The minimum Gasteiger partial charge on any atom is -0.378 e. The first-order valence-corrected chi connectivity index (χ1v) is 7.57. The van der Waals surface area contributed by atoms with Crippen molar-refractivity contribution in [3.63, 3.8) is 0 Å². The maximum absolute atomic E-state index is 10.5. The Morgan fingerprint density at radius 3 is 2.64 bits per heavy atom. The van der Waals surface area contributed by atoms with Gasteiger partial charge in [-0.05, 0) is 32.1 Å². The molecule has 0 aromatic heterocycles. The molecular weight excluding hydrogens is 212 g/mol. The summed E-state index contributed by atoms with van der Waals surface area (Å²) in [6.07, 6.45) is 5.91. The van der Waals surface area contributed by atoms with Crippen LogP contribution >= 0.6 is 23.5 Å². The number of fused-ring (bicyclic) bond motifs is 1. The van der Waals surface area contributed by atoms with E-state index in [1.54, 1.807) is 0 Å². The van der Waals surface area contributed by atoms with E-state index in [0.717, 1.165) is 11.7 Å². The standard InChI is InChI=1S/C11H20OS2/c1-3-8-9(4-2)14-11(12)7-5-6-10(11)13-8/h8-10,12H,3-7H2,1-2H3. The molecule has 14 heavy (non-hydrogen) atoms. The van der Waals surface area contributed by atoms with Crippen LogP contribution in [0, 0.1) is 0 Å². The number of aliphatic hydroxyl groups is 1. The van der Waals surface area contributed by atoms with Gasteiger partial charge in [-0.25, -0.2) is 0 Å². The summed E-state index contributed by atoms with van der Waals surface area (Å²) in [6.45, 7) is 4.53. The normalized spacial score (nSPS) is 47.8. The van der Waals surface area contributed by atoms with Gasteiger partial charge in [0.1, 0.15) is 4.93 Å². The topological polar surface area (TPSA) is 20.2 Å². The molecule has 0 bridgehead atoms. The van der Waals surface area contributed by atoms with Crippen LogP contribution in [0.5, 0.6) is 0 Å². The third kappa shape index (κ3) is 1.83. The Morgan fingerprint density at radius 2 is 2.00 bits per heavy atom. The van der Waals surface area contributed by atoms with Gasteiger partial charge in [0.2, 0.25) is 0 Å². The van der Waals surface area contributed by atoms with Crippen molar-refractivity contribution in [2.45, 2.75) is 66.6 Å². The Morgan fingerprint density at radius 1 is 1.29 bits per heavy atom. The lowest BCUT2D eigenvalue weighted by molar-refractivity contribution is 0.148. The summed E-state index contributed by atoms with van der Waals surface area (Å²) in [6, 6.07) is 0. The summed E-state index contributed by atoms with van der Waals surface area (Å²) < 4.78 is 0. The minimum absolute atomic E-state index is 0.378. The van der Waals surface area contributed by atoms with Gasteiger partial charge in [0, 0.05) is 15.7 Å². The predicted molar refractivity (Wildman–Crippen MR) is 65.9 cm³/mol. The Hall–Kier alpha value is 0.660. The quantitative estimate of drug-likeness (QED) is 0.789. The van der Waals surface area contributed by atoms with Crippen molar-refractivity contribution >= 4 is 23.5 Å². The van der Waals surface area contributed by atoms with Crippen LogP contribution in [0.4, 0.5) is 0 Å². The first-order chi connectivity index (χ1) is 6.69. The molecule has 2 fully saturated rings. The smallest absolute Gasteiger partial charge is 0.122 e. The van der Waals surface area contributed by atoms with E-state index in [1.807, 2.05) is 11.8 Å². The van der Waals surface area contributed by atoms with E-state index in [2.05, 4.69) is 25.6 Å². The zero-order chi connectivity index (χ0) is 10.2. The van der Waals surface area contributed by atoms with Crippen LogP contribution in [-0.4, -0.2) is 25.8 Å². The first kappa shape index (κ1) is 11.2. The molecular formula is C11H20OS2. The van der Waals surface area contributed by atoms with Gasteiger partial charge in [0.15, 0.2) is 0 Å². The molecule has 82 valence electrons. The summed E-state index contributed by atoms with van der Waals surface area (Å²) in [5.74, 6) is 0. The molecule has 3 heteroatoms. The molecule has 0 aromatic carbocycles. The van der Waals surface area contributed by atoms with Crippen LogP contribution in [0.15, 0.2) is 0 Å². The average Bonchev–Trinajstić information content (AvgIpc) is 2.56. The van der Waals surface area contributed by atoms with E-state index in [4.69, 9.17) is 0 Å². The summed E-state index contributed by atoms with van der Waals surface area (Å²) in [4.78, 5) is -0.378. The molecule has 1 nitrogen and oxygen atoms in total. The maximum Gasteiger partial charge on any atom is 0.122 e. The first-order valence-electron chi connectivity index (χ1n) is 5.75. The molecule has 1 heterocycles. The number of hydrogen-bond donors (Lipinski definition) is 1. The van der Waals surface area contributed by atoms with Gasteiger partial charge in [0.25, 0.3) is 0 Å². The molecule has 1 saturated carbocycles. The molecule has 1 N–H and O–H groups in total. The molecule has 2 aliphatic rings. The highest BCUT2D eigenvalue weighted by Gasteiger charge is 2.49. The zero-order valence-corrected chi connectivity index (χ0v) is 10.7. The van der Waals surface area contributed by atoms with Gasteiger partial charge in [-0.15, -0.1) is 11.8 Å². The van der Waals surface area contributed by atoms with Crippen molar-refractivity contribution in [2.75, 3.05) is 0 Å². The van der Waals surface area contributed by atoms with Gasteiger partial charge in [-0.1, -0.05) is 13.8 Å². The number of hydrogen-bond acceptors (Lipinski definition) is 3.